The van der Waals surface area contributed by atoms with Crippen molar-refractivity contribution in [2.75, 3.05) is 0 Å². The number of imidazole rings is 1. The van der Waals surface area contributed by atoms with E-state index in [1.165, 1.54) is 24.0 Å². The van der Waals surface area contributed by atoms with Gasteiger partial charge in [0.05, 0.1) is 16.0 Å². The first-order chi connectivity index (χ1) is 15.2. The van der Waals surface area contributed by atoms with Crippen molar-refractivity contribution in [3.05, 3.63) is 85.8 Å². The monoisotopic (exact) mass is 454 g/mol. The number of hydrogen-bond acceptors (Lipinski definition) is 8. The minimum absolute atomic E-state index is 0.0875. The highest BCUT2D eigenvalue weighted by molar-refractivity contribution is 7.99. The highest BCUT2D eigenvalue weighted by Gasteiger charge is 2.20. The van der Waals surface area contributed by atoms with Crippen LogP contribution in [-0.4, -0.2) is 31.5 Å². The van der Waals surface area contributed by atoms with Crippen molar-refractivity contribution in [2.24, 2.45) is 5.10 Å². The molecule has 0 saturated carbocycles. The summed E-state index contributed by atoms with van der Waals surface area (Å²) in [5.41, 5.74) is 3.67. The summed E-state index contributed by atoms with van der Waals surface area (Å²) in [6, 6.07) is 12.3. The zero-order chi connectivity index (χ0) is 23.3. The van der Waals surface area contributed by atoms with E-state index in [0.29, 0.717) is 16.3 Å². The molecule has 1 amide bonds. The Bertz CT molecular complexity index is 1210. The Labute approximate surface area is 186 Å². The number of aromatic nitrogens is 2. The third-order valence-corrected chi connectivity index (χ3v) is 5.43. The number of rotatable bonds is 8. The second-order valence-electron chi connectivity index (χ2n) is 6.70. The van der Waals surface area contributed by atoms with Gasteiger partial charge in [0.25, 0.3) is 11.6 Å². The minimum Gasteiger partial charge on any atom is -0.358 e. The van der Waals surface area contributed by atoms with Gasteiger partial charge in [0.15, 0.2) is 12.4 Å². The zero-order valence-electron chi connectivity index (χ0n) is 17.1. The maximum atomic E-state index is 12.1. The maximum Gasteiger partial charge on any atom is 0.343 e. The minimum atomic E-state index is -0.633. The predicted molar refractivity (Wildman–Crippen MR) is 118 cm³/mol. The second kappa shape index (κ2) is 9.83. The van der Waals surface area contributed by atoms with Gasteiger partial charge < -0.3 is 10.1 Å². The number of nitrogens with one attached hydrogen (secondary N) is 1. The van der Waals surface area contributed by atoms with Gasteiger partial charge in [0.1, 0.15) is 6.20 Å². The van der Waals surface area contributed by atoms with Gasteiger partial charge >= 0.3 is 5.82 Å². The van der Waals surface area contributed by atoms with Crippen LogP contribution in [0.3, 0.4) is 0 Å². The Morgan fingerprint density at radius 2 is 1.88 bits per heavy atom. The number of carbonyl (C=O) groups excluding carboxylic acids is 1. The molecule has 0 unspecified atom stereocenters. The molecule has 12 heteroatoms. The Hall–Kier alpha value is -4.06. The molecule has 3 rings (SSSR count). The fraction of sp³-hybridized carbons (Fsp3) is 0.150. The topological polar surface area (TPSA) is 146 Å². The van der Waals surface area contributed by atoms with Crippen molar-refractivity contribution in [1.29, 1.82) is 0 Å². The lowest BCUT2D eigenvalue weighted by Gasteiger charge is -2.05. The summed E-state index contributed by atoms with van der Waals surface area (Å²) in [4.78, 5) is 38.6. The molecule has 32 heavy (non-hydrogen) atoms. The van der Waals surface area contributed by atoms with E-state index in [9.17, 15) is 25.0 Å². The molecule has 164 valence electrons. The molecule has 3 aromatic rings. The van der Waals surface area contributed by atoms with Gasteiger partial charge in [-0.25, -0.2) is 15.0 Å². The van der Waals surface area contributed by atoms with Gasteiger partial charge in [-0.2, -0.15) is 5.10 Å². The summed E-state index contributed by atoms with van der Waals surface area (Å²) in [5, 5.41) is 26.3. The Kier molecular flexibility index (Phi) is 6.95. The summed E-state index contributed by atoms with van der Waals surface area (Å²) < 4.78 is 1.15. The average Bonchev–Trinajstić information content (AvgIpc) is 3.11. The smallest absolute Gasteiger partial charge is 0.343 e. The van der Waals surface area contributed by atoms with Crippen molar-refractivity contribution in [3.63, 3.8) is 0 Å². The fourth-order valence-corrected chi connectivity index (χ4v) is 3.63. The lowest BCUT2D eigenvalue weighted by molar-refractivity contribution is -0.392. The van der Waals surface area contributed by atoms with Gasteiger partial charge in [0.2, 0.25) is 0 Å². The van der Waals surface area contributed by atoms with Crippen molar-refractivity contribution >= 4 is 35.4 Å². The van der Waals surface area contributed by atoms with Crippen LogP contribution in [0, 0.1) is 34.1 Å². The van der Waals surface area contributed by atoms with Crippen LogP contribution in [0.4, 0.5) is 11.5 Å². The van der Waals surface area contributed by atoms with E-state index in [-0.39, 0.29) is 18.1 Å². The number of hydrogen-bond donors (Lipinski definition) is 1. The third-order valence-electron chi connectivity index (χ3n) is 4.35. The van der Waals surface area contributed by atoms with E-state index in [1.807, 2.05) is 31.2 Å². The summed E-state index contributed by atoms with van der Waals surface area (Å²) in [6.45, 7) is 3.16. The van der Waals surface area contributed by atoms with Crippen molar-refractivity contribution in [2.45, 2.75) is 30.2 Å². The van der Waals surface area contributed by atoms with Crippen molar-refractivity contribution in [1.82, 2.24) is 15.0 Å². The fourth-order valence-electron chi connectivity index (χ4n) is 2.73. The van der Waals surface area contributed by atoms with E-state index < -0.39 is 15.8 Å². The molecule has 0 saturated heterocycles. The number of nitro benzene ring substituents is 1. The first kappa shape index (κ1) is 22.6. The first-order valence-electron chi connectivity index (χ1n) is 9.26. The number of hydrazone groups is 1. The number of aryl methyl sites for hydroxylation is 2. The largest absolute Gasteiger partial charge is 0.358 e. The van der Waals surface area contributed by atoms with E-state index in [2.05, 4.69) is 15.5 Å². The number of carbonyl (C=O) groups is 1. The van der Waals surface area contributed by atoms with Gasteiger partial charge in [0, 0.05) is 23.4 Å². The first-order valence-corrected chi connectivity index (χ1v) is 10.1. The molecular formula is C20H18N6O5S. The summed E-state index contributed by atoms with van der Waals surface area (Å²) >= 11 is 1.28. The number of amides is 1. The maximum absolute atomic E-state index is 12.1. The quantitative estimate of drug-likeness (QED) is 0.311. The molecule has 0 radical (unpaired) electrons. The van der Waals surface area contributed by atoms with Crippen LogP contribution < -0.4 is 5.43 Å². The molecule has 1 heterocycles. The Balaban J connectivity index is 1.69. The summed E-state index contributed by atoms with van der Waals surface area (Å²) in [5.74, 6) is -0.599. The van der Waals surface area contributed by atoms with Gasteiger partial charge in [-0.1, -0.05) is 35.5 Å². The number of nitro groups is 2. The molecule has 0 aliphatic heterocycles. The van der Waals surface area contributed by atoms with Crippen LogP contribution in [-0.2, 0) is 11.3 Å². The van der Waals surface area contributed by atoms with E-state index in [1.54, 1.807) is 19.1 Å². The van der Waals surface area contributed by atoms with Crippen LogP contribution >= 0.6 is 11.8 Å². The summed E-state index contributed by atoms with van der Waals surface area (Å²) in [7, 11) is 0. The number of benzene rings is 2. The zero-order valence-corrected chi connectivity index (χ0v) is 17.9. The molecule has 0 aliphatic carbocycles. The third kappa shape index (κ3) is 5.55. The van der Waals surface area contributed by atoms with Crippen LogP contribution in [0.25, 0.3) is 0 Å². The van der Waals surface area contributed by atoms with E-state index in [0.717, 1.165) is 21.2 Å². The normalized spacial score (nSPS) is 10.9. The standard InChI is InChI=1S/C20H18N6O5S/c1-13-3-6-16(7-4-13)32-18-8-5-15(9-17(18)25(28)29)10-22-23-19(27)12-24-14(2)21-11-20(24)26(30)31/h3-11H,12H2,1-2H3,(H,23,27)/b22-10-. The van der Waals surface area contributed by atoms with Gasteiger partial charge in [-0.05, 0) is 30.0 Å². The summed E-state index contributed by atoms with van der Waals surface area (Å²) in [6.07, 6.45) is 2.33. The molecule has 1 N–H and O–H groups in total. The van der Waals surface area contributed by atoms with Crippen LogP contribution in [0.2, 0.25) is 0 Å². The van der Waals surface area contributed by atoms with Crippen molar-refractivity contribution in [3.8, 4) is 0 Å². The van der Waals surface area contributed by atoms with Gasteiger partial charge in [-0.3, -0.25) is 14.9 Å². The highest BCUT2D eigenvalue weighted by atomic mass is 32.2. The molecule has 0 aliphatic rings. The Morgan fingerprint density at radius 3 is 2.53 bits per heavy atom. The highest BCUT2D eigenvalue weighted by Crippen LogP contribution is 2.35. The van der Waals surface area contributed by atoms with E-state index in [4.69, 9.17) is 0 Å². The van der Waals surface area contributed by atoms with Crippen molar-refractivity contribution < 1.29 is 14.6 Å². The molecule has 0 atom stereocenters. The second-order valence-corrected chi connectivity index (χ2v) is 7.81. The lowest BCUT2D eigenvalue weighted by Crippen LogP contribution is -2.24. The predicted octanol–water partition coefficient (Wildman–Crippen LogP) is 3.62. The average molecular weight is 454 g/mol. The molecule has 0 bridgehead atoms. The Morgan fingerprint density at radius 1 is 1.16 bits per heavy atom. The molecule has 11 nitrogen and oxygen atoms in total. The SMILES string of the molecule is Cc1ccc(Sc2ccc(/C=N\NC(=O)Cn3c([N+](=O)[O-])cnc3C)cc2[N+](=O)[O-])cc1. The van der Waals surface area contributed by atoms with Crippen LogP contribution in [0.5, 0.6) is 0 Å². The molecule has 0 spiro atoms. The number of nitrogens with zero attached hydrogens (tertiary/aromatic N) is 5. The van der Waals surface area contributed by atoms with Gasteiger partial charge in [-0.15, -0.1) is 0 Å². The lowest BCUT2D eigenvalue weighted by atomic mass is 10.2. The molecule has 1 aromatic heterocycles. The van der Waals surface area contributed by atoms with E-state index >= 15 is 0 Å². The molecule has 0 fully saturated rings. The van der Waals surface area contributed by atoms with Crippen LogP contribution in [0.1, 0.15) is 17.0 Å². The van der Waals surface area contributed by atoms with Crippen LogP contribution in [0.15, 0.2) is 63.6 Å². The molecule has 2 aromatic carbocycles. The molecular weight excluding hydrogens is 436 g/mol.